The van der Waals surface area contributed by atoms with E-state index in [2.05, 4.69) is 0 Å². The summed E-state index contributed by atoms with van der Waals surface area (Å²) < 4.78 is 0. The third-order valence-electron chi connectivity index (χ3n) is 2.86. The van der Waals surface area contributed by atoms with Gasteiger partial charge in [0.25, 0.3) is 0 Å². The van der Waals surface area contributed by atoms with Crippen molar-refractivity contribution in [3.8, 4) is 0 Å². The molecule has 3 nitrogen and oxygen atoms in total. The van der Waals surface area contributed by atoms with Gasteiger partial charge in [-0.2, -0.15) is 0 Å². The van der Waals surface area contributed by atoms with Gasteiger partial charge in [-0.1, -0.05) is 13.8 Å². The Kier molecular flexibility index (Phi) is 2.41. The molecule has 0 saturated heterocycles. The summed E-state index contributed by atoms with van der Waals surface area (Å²) >= 11 is 0. The molecule has 0 spiro atoms. The molecule has 3 heteroatoms. The zero-order valence-corrected chi connectivity index (χ0v) is 8.50. The lowest BCUT2D eigenvalue weighted by Gasteiger charge is -2.42. The summed E-state index contributed by atoms with van der Waals surface area (Å²) in [7, 11) is 0. The van der Waals surface area contributed by atoms with Gasteiger partial charge in [0, 0.05) is 0 Å². The van der Waals surface area contributed by atoms with Crippen LogP contribution in [0.15, 0.2) is 0 Å². The molecule has 76 valence electrons. The van der Waals surface area contributed by atoms with Gasteiger partial charge in [-0.05, 0) is 31.6 Å². The summed E-state index contributed by atoms with van der Waals surface area (Å²) in [5.41, 5.74) is -0.814. The lowest BCUT2D eigenvalue weighted by Crippen LogP contribution is -2.42. The van der Waals surface area contributed by atoms with Crippen molar-refractivity contribution >= 4 is 5.97 Å². The minimum absolute atomic E-state index is 0.0647. The molecule has 0 radical (unpaired) electrons. The van der Waals surface area contributed by atoms with Gasteiger partial charge in [0.15, 0.2) is 0 Å². The van der Waals surface area contributed by atoms with E-state index in [1.165, 1.54) is 0 Å². The van der Waals surface area contributed by atoms with Crippen molar-refractivity contribution in [3.63, 3.8) is 0 Å². The SMILES string of the molecule is CC1(C)C[C@H](O)C[C@@](C)(C(=O)O)C1. The van der Waals surface area contributed by atoms with Crippen LogP contribution in [-0.2, 0) is 4.79 Å². The summed E-state index contributed by atoms with van der Waals surface area (Å²) in [4.78, 5) is 11.0. The van der Waals surface area contributed by atoms with E-state index in [4.69, 9.17) is 5.11 Å². The lowest BCUT2D eigenvalue weighted by atomic mass is 9.63. The highest BCUT2D eigenvalue weighted by Crippen LogP contribution is 2.46. The van der Waals surface area contributed by atoms with E-state index in [1.807, 2.05) is 13.8 Å². The van der Waals surface area contributed by atoms with Crippen LogP contribution in [0.3, 0.4) is 0 Å². The van der Waals surface area contributed by atoms with Gasteiger partial charge in [-0.15, -0.1) is 0 Å². The summed E-state index contributed by atoms with van der Waals surface area (Å²) in [5, 5.41) is 18.6. The molecule has 2 N–H and O–H groups in total. The van der Waals surface area contributed by atoms with Crippen LogP contribution in [0.2, 0.25) is 0 Å². The van der Waals surface area contributed by atoms with Gasteiger partial charge in [0.2, 0.25) is 0 Å². The number of rotatable bonds is 1. The smallest absolute Gasteiger partial charge is 0.309 e. The van der Waals surface area contributed by atoms with E-state index in [0.717, 1.165) is 0 Å². The van der Waals surface area contributed by atoms with Crippen molar-refractivity contribution < 1.29 is 15.0 Å². The molecule has 13 heavy (non-hydrogen) atoms. The predicted molar refractivity (Wildman–Crippen MR) is 49.4 cm³/mol. The summed E-state index contributed by atoms with van der Waals surface area (Å²) in [6.07, 6.45) is 1.26. The van der Waals surface area contributed by atoms with Gasteiger partial charge >= 0.3 is 5.97 Å². The first kappa shape index (κ1) is 10.5. The van der Waals surface area contributed by atoms with Crippen molar-refractivity contribution in [1.82, 2.24) is 0 Å². The maximum atomic E-state index is 11.0. The molecule has 1 aliphatic carbocycles. The van der Waals surface area contributed by atoms with E-state index in [0.29, 0.717) is 19.3 Å². The molecule has 0 aromatic heterocycles. The minimum atomic E-state index is -0.792. The van der Waals surface area contributed by atoms with Crippen molar-refractivity contribution in [2.75, 3.05) is 0 Å². The lowest BCUT2D eigenvalue weighted by molar-refractivity contribution is -0.156. The fourth-order valence-corrected chi connectivity index (χ4v) is 2.59. The van der Waals surface area contributed by atoms with Crippen molar-refractivity contribution in [2.24, 2.45) is 10.8 Å². The Balaban J connectivity index is 2.84. The molecular weight excluding hydrogens is 168 g/mol. The molecule has 0 aromatic rings. The second kappa shape index (κ2) is 2.98. The number of hydrogen-bond acceptors (Lipinski definition) is 2. The molecule has 2 atom stereocenters. The van der Waals surface area contributed by atoms with Crippen LogP contribution in [0.1, 0.15) is 40.0 Å². The Bertz CT molecular complexity index is 222. The monoisotopic (exact) mass is 186 g/mol. The van der Waals surface area contributed by atoms with Crippen LogP contribution >= 0.6 is 0 Å². The molecule has 1 fully saturated rings. The third-order valence-corrected chi connectivity index (χ3v) is 2.86. The number of carbonyl (C=O) groups is 1. The first-order valence-corrected chi connectivity index (χ1v) is 4.67. The molecule has 0 heterocycles. The molecule has 0 aliphatic heterocycles. The zero-order chi connectivity index (χ0) is 10.3. The number of aliphatic hydroxyl groups is 1. The van der Waals surface area contributed by atoms with Crippen LogP contribution in [0, 0.1) is 10.8 Å². The van der Waals surface area contributed by atoms with E-state index >= 15 is 0 Å². The zero-order valence-electron chi connectivity index (χ0n) is 8.50. The van der Waals surface area contributed by atoms with Crippen LogP contribution in [0.4, 0.5) is 0 Å². The van der Waals surface area contributed by atoms with E-state index in [9.17, 15) is 9.90 Å². The van der Waals surface area contributed by atoms with Crippen LogP contribution < -0.4 is 0 Å². The average Bonchev–Trinajstić information content (AvgIpc) is 1.79. The normalized spacial score (nSPS) is 38.6. The first-order valence-electron chi connectivity index (χ1n) is 4.67. The molecule has 0 amide bonds. The number of aliphatic hydroxyl groups excluding tert-OH is 1. The second-order valence-electron chi connectivity index (χ2n) is 5.27. The van der Waals surface area contributed by atoms with E-state index < -0.39 is 17.5 Å². The largest absolute Gasteiger partial charge is 0.481 e. The Morgan fingerprint density at radius 2 is 1.85 bits per heavy atom. The third kappa shape index (κ3) is 2.21. The highest BCUT2D eigenvalue weighted by atomic mass is 16.4. The van der Waals surface area contributed by atoms with Gasteiger partial charge in [0.1, 0.15) is 0 Å². The van der Waals surface area contributed by atoms with Crippen LogP contribution in [-0.4, -0.2) is 22.3 Å². The molecule has 1 rings (SSSR count). The van der Waals surface area contributed by atoms with Gasteiger partial charge < -0.3 is 10.2 Å². The van der Waals surface area contributed by atoms with E-state index in [1.54, 1.807) is 6.92 Å². The van der Waals surface area contributed by atoms with Gasteiger partial charge in [-0.3, -0.25) is 4.79 Å². The quantitative estimate of drug-likeness (QED) is 0.654. The Hall–Kier alpha value is -0.570. The number of carboxylic acid groups (broad SMARTS) is 1. The molecule has 0 aromatic carbocycles. The van der Waals surface area contributed by atoms with Gasteiger partial charge in [0.05, 0.1) is 11.5 Å². The molecule has 1 saturated carbocycles. The van der Waals surface area contributed by atoms with E-state index in [-0.39, 0.29) is 5.41 Å². The Morgan fingerprint density at radius 3 is 2.23 bits per heavy atom. The molecule has 1 aliphatic rings. The van der Waals surface area contributed by atoms with Crippen molar-refractivity contribution in [3.05, 3.63) is 0 Å². The maximum absolute atomic E-state index is 11.0. The fourth-order valence-electron chi connectivity index (χ4n) is 2.59. The Labute approximate surface area is 78.8 Å². The highest BCUT2D eigenvalue weighted by Gasteiger charge is 2.45. The fraction of sp³-hybridized carbons (Fsp3) is 0.900. The number of carboxylic acids is 1. The number of hydrogen-bond donors (Lipinski definition) is 2. The molecular formula is C10H18O3. The van der Waals surface area contributed by atoms with Gasteiger partial charge in [-0.25, -0.2) is 0 Å². The standard InChI is InChI=1S/C10H18O3/c1-9(2)4-7(11)5-10(3,6-9)8(12)13/h7,11H,4-6H2,1-3H3,(H,12,13)/t7-,10+/m0/s1. The van der Waals surface area contributed by atoms with Crippen LogP contribution in [0.5, 0.6) is 0 Å². The minimum Gasteiger partial charge on any atom is -0.481 e. The van der Waals surface area contributed by atoms with Crippen molar-refractivity contribution in [2.45, 2.75) is 46.1 Å². The first-order chi connectivity index (χ1) is 5.75. The molecule has 0 unspecified atom stereocenters. The predicted octanol–water partition coefficient (Wildman–Crippen LogP) is 1.65. The second-order valence-corrected chi connectivity index (χ2v) is 5.27. The topological polar surface area (TPSA) is 57.5 Å². The number of aliphatic carboxylic acids is 1. The van der Waals surface area contributed by atoms with Crippen molar-refractivity contribution in [1.29, 1.82) is 0 Å². The van der Waals surface area contributed by atoms with Crippen LogP contribution in [0.25, 0.3) is 0 Å². The average molecular weight is 186 g/mol. The molecule has 0 bridgehead atoms. The maximum Gasteiger partial charge on any atom is 0.309 e. The Morgan fingerprint density at radius 1 is 1.31 bits per heavy atom. The highest BCUT2D eigenvalue weighted by molar-refractivity contribution is 5.74. The summed E-state index contributed by atoms with van der Waals surface area (Å²) in [6.45, 7) is 5.74. The summed E-state index contributed by atoms with van der Waals surface area (Å²) in [5.74, 6) is -0.792. The summed E-state index contributed by atoms with van der Waals surface area (Å²) in [6, 6.07) is 0.